The topological polar surface area (TPSA) is 49.8 Å². The van der Waals surface area contributed by atoms with Crippen LogP contribution in [0.15, 0.2) is 97.2 Å². The van der Waals surface area contributed by atoms with Crippen LogP contribution < -0.4 is 18.9 Å². The molecule has 4 aromatic carbocycles. The van der Waals surface area contributed by atoms with Crippen LogP contribution in [0.1, 0.15) is 5.69 Å². The van der Waals surface area contributed by atoms with Gasteiger partial charge in [0.25, 0.3) is 0 Å². The van der Waals surface area contributed by atoms with Crippen LogP contribution in [0.3, 0.4) is 0 Å². The van der Waals surface area contributed by atoms with Gasteiger partial charge in [0.15, 0.2) is 23.0 Å². The van der Waals surface area contributed by atoms with Crippen LogP contribution in [0.5, 0.6) is 23.0 Å². The summed E-state index contributed by atoms with van der Waals surface area (Å²) in [4.78, 5) is 4.72. The Morgan fingerprint density at radius 2 is 1.10 bits per heavy atom. The molecule has 0 aliphatic carbocycles. The molecule has 0 N–H and O–H groups in total. The molecule has 0 unspecified atom stereocenters. The quantitative estimate of drug-likeness (QED) is 0.227. The van der Waals surface area contributed by atoms with E-state index in [0.717, 1.165) is 43.9 Å². The van der Waals surface area contributed by atoms with Crippen molar-refractivity contribution >= 4 is 21.5 Å². The first kappa shape index (κ1) is 25.9. The molecule has 0 aliphatic rings. The van der Waals surface area contributed by atoms with Crippen molar-refractivity contribution in [1.29, 1.82) is 0 Å². The van der Waals surface area contributed by atoms with Crippen LogP contribution in [0.25, 0.3) is 43.8 Å². The molecule has 0 saturated carbocycles. The van der Waals surface area contributed by atoms with Crippen molar-refractivity contribution in [3.63, 3.8) is 0 Å². The molecule has 0 fully saturated rings. The third-order valence-corrected chi connectivity index (χ3v) is 6.91. The highest BCUT2D eigenvalue weighted by Gasteiger charge is 2.16. The van der Waals surface area contributed by atoms with E-state index in [-0.39, 0.29) is 0 Å². The molecule has 0 atom stereocenters. The average molecular weight is 518 g/mol. The Labute approximate surface area is 228 Å². The molecule has 196 valence electrons. The van der Waals surface area contributed by atoms with Crippen LogP contribution >= 0.6 is 0 Å². The third-order valence-electron chi connectivity index (χ3n) is 6.91. The Kier molecular flexibility index (Phi) is 7.50. The van der Waals surface area contributed by atoms with E-state index in [1.807, 2.05) is 43.3 Å². The Morgan fingerprint density at radius 3 is 1.74 bits per heavy atom. The molecule has 0 aliphatic heterocycles. The average Bonchev–Trinajstić information content (AvgIpc) is 2.99. The fourth-order valence-corrected chi connectivity index (χ4v) is 4.90. The zero-order valence-corrected chi connectivity index (χ0v) is 22.8. The van der Waals surface area contributed by atoms with Crippen molar-refractivity contribution in [2.75, 3.05) is 28.4 Å². The van der Waals surface area contributed by atoms with E-state index in [4.69, 9.17) is 23.9 Å². The van der Waals surface area contributed by atoms with Crippen LogP contribution in [0.2, 0.25) is 0 Å². The van der Waals surface area contributed by atoms with E-state index in [2.05, 4.69) is 54.6 Å². The summed E-state index contributed by atoms with van der Waals surface area (Å²) in [5, 5.41) is 3.80. The highest BCUT2D eigenvalue weighted by atomic mass is 16.5. The maximum Gasteiger partial charge on any atom is 0.169 e. The lowest BCUT2D eigenvalue weighted by Gasteiger charge is -2.16. The number of nitrogens with zero attached hydrogens (tertiary/aromatic N) is 1. The Bertz CT molecular complexity index is 1700. The van der Waals surface area contributed by atoms with E-state index in [1.165, 1.54) is 5.56 Å². The molecular formula is C34H31NO4. The fourth-order valence-electron chi connectivity index (χ4n) is 4.90. The molecule has 0 amide bonds. The van der Waals surface area contributed by atoms with Crippen LogP contribution in [-0.2, 0) is 0 Å². The number of ether oxygens (including phenoxy) is 4. The summed E-state index contributed by atoms with van der Waals surface area (Å²) in [6, 6.07) is 31.0. The zero-order valence-electron chi connectivity index (χ0n) is 22.8. The number of aryl methyl sites for hydroxylation is 1. The number of fused-ring (bicyclic) bond motifs is 2. The molecule has 39 heavy (non-hydrogen) atoms. The lowest BCUT2D eigenvalue weighted by atomic mass is 9.97. The maximum atomic E-state index is 5.93. The van der Waals surface area contributed by atoms with E-state index < -0.39 is 0 Å². The number of aromatic nitrogens is 1. The van der Waals surface area contributed by atoms with E-state index >= 15 is 0 Å². The van der Waals surface area contributed by atoms with Gasteiger partial charge >= 0.3 is 0 Å². The second-order valence-electron chi connectivity index (χ2n) is 9.09. The van der Waals surface area contributed by atoms with Gasteiger partial charge in [0.2, 0.25) is 0 Å². The minimum atomic E-state index is 0.652. The fraction of sp³-hybridized carbons (Fsp3) is 0.147. The second kappa shape index (κ2) is 11.3. The smallest absolute Gasteiger partial charge is 0.169 e. The molecule has 5 aromatic rings. The van der Waals surface area contributed by atoms with Gasteiger partial charge < -0.3 is 18.9 Å². The molecule has 0 radical (unpaired) electrons. The van der Waals surface area contributed by atoms with Gasteiger partial charge in [-0.1, -0.05) is 66.7 Å². The van der Waals surface area contributed by atoms with E-state index in [1.54, 1.807) is 34.6 Å². The van der Waals surface area contributed by atoms with E-state index in [9.17, 15) is 0 Å². The Balaban J connectivity index is 1.77. The van der Waals surface area contributed by atoms with Gasteiger partial charge in [-0.3, -0.25) is 4.98 Å². The summed E-state index contributed by atoms with van der Waals surface area (Å²) in [6.07, 6.45) is 1.80. The summed E-state index contributed by atoms with van der Waals surface area (Å²) < 4.78 is 23.0. The molecular weight excluding hydrogens is 486 g/mol. The van der Waals surface area contributed by atoms with Crippen molar-refractivity contribution in [1.82, 2.24) is 4.98 Å². The van der Waals surface area contributed by atoms with Gasteiger partial charge in [-0.05, 0) is 58.7 Å². The maximum absolute atomic E-state index is 5.93. The minimum Gasteiger partial charge on any atom is -0.493 e. The SMILES string of the molecule is COc1cc2ccc3cc(-c4ccc(-c5ccccc5)cc4)c(OC)c(OC)c3ccnc(C)c2cc1OC. The first-order valence-electron chi connectivity index (χ1n) is 12.7. The lowest BCUT2D eigenvalue weighted by Crippen LogP contribution is -1.95. The van der Waals surface area contributed by atoms with Gasteiger partial charge in [-0.15, -0.1) is 0 Å². The summed E-state index contributed by atoms with van der Waals surface area (Å²) in [7, 11) is 6.61. The van der Waals surface area contributed by atoms with Crippen LogP contribution in [0, 0.1) is 6.92 Å². The van der Waals surface area contributed by atoms with Crippen LogP contribution in [-0.4, -0.2) is 33.4 Å². The predicted molar refractivity (Wildman–Crippen MR) is 159 cm³/mol. The molecule has 5 nitrogen and oxygen atoms in total. The second-order valence-corrected chi connectivity index (χ2v) is 9.09. The molecule has 5 heteroatoms. The van der Waals surface area contributed by atoms with Crippen molar-refractivity contribution in [3.8, 4) is 45.3 Å². The van der Waals surface area contributed by atoms with Crippen LogP contribution in [0.4, 0.5) is 0 Å². The number of hydrogen-bond donors (Lipinski definition) is 0. The van der Waals surface area contributed by atoms with Crippen molar-refractivity contribution < 1.29 is 18.9 Å². The summed E-state index contributed by atoms with van der Waals surface area (Å²) >= 11 is 0. The highest BCUT2D eigenvalue weighted by Crippen LogP contribution is 2.44. The molecule has 5 rings (SSSR count). The standard InChI is InChI=1S/C34H31NO4/c1-22-29-21-32(37-3)31(36-2)20-27(29)16-15-26-19-30(34(39-5)33(38-4)28(26)17-18-35-22)25-13-11-24(12-14-25)23-9-7-6-8-10-23/h6-21H,1-5H3. The summed E-state index contributed by atoms with van der Waals surface area (Å²) in [5.41, 5.74) is 5.16. The largest absolute Gasteiger partial charge is 0.493 e. The van der Waals surface area contributed by atoms with Gasteiger partial charge in [-0.25, -0.2) is 0 Å². The number of hydrogen-bond acceptors (Lipinski definition) is 5. The van der Waals surface area contributed by atoms with Gasteiger partial charge in [0.1, 0.15) is 0 Å². The van der Waals surface area contributed by atoms with Crippen molar-refractivity contribution in [2.45, 2.75) is 6.92 Å². The number of methoxy groups -OCH3 is 4. The first-order chi connectivity index (χ1) is 19.1. The predicted octanol–water partition coefficient (Wildman–Crippen LogP) is 8.19. The molecule has 1 aromatic heterocycles. The zero-order chi connectivity index (χ0) is 27.4. The summed E-state index contributed by atoms with van der Waals surface area (Å²) in [6.45, 7) is 1.98. The normalized spacial score (nSPS) is 10.7. The number of rotatable bonds is 6. The third kappa shape index (κ3) is 5.04. The molecule has 1 heterocycles. The minimum absolute atomic E-state index is 0.652. The summed E-state index contributed by atoms with van der Waals surface area (Å²) in [5.74, 6) is 2.65. The van der Waals surface area contributed by atoms with Crippen molar-refractivity contribution in [3.05, 3.63) is 103 Å². The monoisotopic (exact) mass is 517 g/mol. The van der Waals surface area contributed by atoms with Gasteiger partial charge in [0, 0.05) is 28.2 Å². The highest BCUT2D eigenvalue weighted by molar-refractivity contribution is 5.97. The van der Waals surface area contributed by atoms with Gasteiger partial charge in [-0.2, -0.15) is 0 Å². The first-order valence-corrected chi connectivity index (χ1v) is 12.7. The molecule has 0 spiro atoms. The molecule has 0 bridgehead atoms. The molecule has 0 saturated heterocycles. The van der Waals surface area contributed by atoms with Gasteiger partial charge in [0.05, 0.1) is 28.4 Å². The number of benzene rings is 4. The Morgan fingerprint density at radius 1 is 0.513 bits per heavy atom. The van der Waals surface area contributed by atoms with Crippen molar-refractivity contribution in [2.24, 2.45) is 0 Å². The van der Waals surface area contributed by atoms with E-state index in [0.29, 0.717) is 23.0 Å². The Hall–Kier alpha value is -4.77. The lowest BCUT2D eigenvalue weighted by molar-refractivity contribution is 0.356.